The van der Waals surface area contributed by atoms with Crippen LogP contribution < -0.4 is 0 Å². The van der Waals surface area contributed by atoms with E-state index in [1.807, 2.05) is 36.7 Å². The Hall–Kier alpha value is -2.98. The summed E-state index contributed by atoms with van der Waals surface area (Å²) >= 11 is 1.56. The summed E-state index contributed by atoms with van der Waals surface area (Å²) in [4.78, 5) is 21.2. The summed E-state index contributed by atoms with van der Waals surface area (Å²) < 4.78 is 0. The Bertz CT molecular complexity index is 1130. The van der Waals surface area contributed by atoms with Crippen LogP contribution in [0.15, 0.2) is 42.2 Å². The predicted molar refractivity (Wildman–Crippen MR) is 115 cm³/mol. The maximum atomic E-state index is 13.5. The molecular weight excluding hydrogens is 394 g/mol. The molecule has 1 N–H and O–H groups in total. The minimum Gasteiger partial charge on any atom is -0.332 e. The van der Waals surface area contributed by atoms with E-state index in [2.05, 4.69) is 33.1 Å². The molecule has 4 unspecified atom stereocenters. The zero-order chi connectivity index (χ0) is 20.9. The van der Waals surface area contributed by atoms with Crippen molar-refractivity contribution in [3.63, 3.8) is 0 Å². The van der Waals surface area contributed by atoms with Gasteiger partial charge in [-0.25, -0.2) is 0 Å². The lowest BCUT2D eigenvalue weighted by molar-refractivity contribution is 0.0500. The molecule has 0 radical (unpaired) electrons. The molecule has 5 heterocycles. The molecule has 6 nitrogen and oxygen atoms in total. The number of pyridine rings is 1. The third-order valence-corrected chi connectivity index (χ3v) is 7.71. The molecule has 152 valence electrons. The number of fused-ring (bicyclic) bond motifs is 2. The molecule has 4 atom stereocenters. The SMILES string of the molecule is Cc1cccnc1C1(C#N)CC2CC(C)C(C1)N2C(=O)c1csc(-c2cn[nH]c2)c1. The monoisotopic (exact) mass is 417 g/mol. The number of hydrogen-bond donors (Lipinski definition) is 1. The van der Waals surface area contributed by atoms with Crippen LogP contribution in [0, 0.1) is 24.2 Å². The van der Waals surface area contributed by atoms with Crippen molar-refractivity contribution < 1.29 is 4.79 Å². The van der Waals surface area contributed by atoms with E-state index >= 15 is 0 Å². The minimum atomic E-state index is -0.626. The van der Waals surface area contributed by atoms with Crippen molar-refractivity contribution in [1.82, 2.24) is 20.1 Å². The second kappa shape index (κ2) is 7.06. The van der Waals surface area contributed by atoms with Gasteiger partial charge in [0.2, 0.25) is 0 Å². The maximum absolute atomic E-state index is 13.5. The molecule has 2 bridgehead atoms. The predicted octanol–water partition coefficient (Wildman–Crippen LogP) is 4.32. The van der Waals surface area contributed by atoms with Gasteiger partial charge in [-0.1, -0.05) is 13.0 Å². The summed E-state index contributed by atoms with van der Waals surface area (Å²) in [5.74, 6) is 0.440. The van der Waals surface area contributed by atoms with E-state index in [9.17, 15) is 10.1 Å². The van der Waals surface area contributed by atoms with Crippen molar-refractivity contribution in [2.75, 3.05) is 0 Å². The van der Waals surface area contributed by atoms with E-state index in [1.54, 1.807) is 23.7 Å². The summed E-state index contributed by atoms with van der Waals surface area (Å²) in [5.41, 5.74) is 3.01. The number of aromatic nitrogens is 3. The van der Waals surface area contributed by atoms with Crippen LogP contribution in [0.2, 0.25) is 0 Å². The number of rotatable bonds is 3. The fourth-order valence-electron chi connectivity index (χ4n) is 5.34. The first-order valence-electron chi connectivity index (χ1n) is 10.3. The number of piperidine rings is 1. The van der Waals surface area contributed by atoms with Crippen molar-refractivity contribution in [1.29, 1.82) is 5.26 Å². The van der Waals surface area contributed by atoms with Crippen molar-refractivity contribution in [2.24, 2.45) is 5.92 Å². The van der Waals surface area contributed by atoms with Crippen LogP contribution in [0.5, 0.6) is 0 Å². The van der Waals surface area contributed by atoms with Crippen LogP contribution in [0.3, 0.4) is 0 Å². The highest BCUT2D eigenvalue weighted by molar-refractivity contribution is 7.13. The number of aryl methyl sites for hydroxylation is 1. The zero-order valence-electron chi connectivity index (χ0n) is 17.0. The molecule has 0 spiro atoms. The minimum absolute atomic E-state index is 0.0505. The number of hydrogen-bond acceptors (Lipinski definition) is 5. The van der Waals surface area contributed by atoms with Gasteiger partial charge in [0.05, 0.1) is 23.5 Å². The smallest absolute Gasteiger partial charge is 0.255 e. The second-order valence-electron chi connectivity index (χ2n) is 8.60. The van der Waals surface area contributed by atoms with Crippen LogP contribution in [0.4, 0.5) is 0 Å². The summed E-state index contributed by atoms with van der Waals surface area (Å²) in [6.07, 6.45) is 7.60. The lowest BCUT2D eigenvalue weighted by atomic mass is 9.71. The molecule has 0 aliphatic carbocycles. The van der Waals surface area contributed by atoms with E-state index in [0.717, 1.165) is 33.7 Å². The fourth-order valence-corrected chi connectivity index (χ4v) is 6.21. The van der Waals surface area contributed by atoms with Gasteiger partial charge < -0.3 is 4.90 Å². The molecule has 2 aliphatic heterocycles. The third-order valence-electron chi connectivity index (χ3n) is 6.73. The fraction of sp³-hybridized carbons (Fsp3) is 0.391. The van der Waals surface area contributed by atoms with Crippen LogP contribution in [0.25, 0.3) is 10.4 Å². The molecule has 7 heteroatoms. The first-order chi connectivity index (χ1) is 14.5. The highest BCUT2D eigenvalue weighted by Gasteiger charge is 2.54. The van der Waals surface area contributed by atoms with E-state index < -0.39 is 5.41 Å². The van der Waals surface area contributed by atoms with Crippen molar-refractivity contribution in [3.05, 3.63) is 59.0 Å². The van der Waals surface area contributed by atoms with Crippen molar-refractivity contribution in [2.45, 2.75) is 50.6 Å². The number of nitrogens with one attached hydrogen (secondary N) is 1. The van der Waals surface area contributed by atoms with E-state index in [0.29, 0.717) is 18.8 Å². The number of nitrogens with zero attached hydrogens (tertiary/aromatic N) is 4. The molecule has 3 aromatic rings. The third kappa shape index (κ3) is 2.86. The topological polar surface area (TPSA) is 85.7 Å². The van der Waals surface area contributed by atoms with E-state index in [-0.39, 0.29) is 18.0 Å². The highest BCUT2D eigenvalue weighted by Crippen LogP contribution is 2.49. The number of H-pyrrole nitrogens is 1. The first-order valence-corrected chi connectivity index (χ1v) is 11.1. The van der Waals surface area contributed by atoms with Gasteiger partial charge in [-0.15, -0.1) is 11.3 Å². The van der Waals surface area contributed by atoms with Gasteiger partial charge in [-0.3, -0.25) is 14.9 Å². The van der Waals surface area contributed by atoms with Crippen molar-refractivity contribution in [3.8, 4) is 16.5 Å². The van der Waals surface area contributed by atoms with Crippen LogP contribution >= 0.6 is 11.3 Å². The number of aromatic amines is 1. The molecule has 2 fully saturated rings. The van der Waals surface area contributed by atoms with Gasteiger partial charge in [-0.05, 0) is 49.8 Å². The standard InChI is InChI=1S/C23H23N5OS/c1-14-4-3-5-25-21(14)23(13-24)8-18-6-15(2)19(9-23)28(18)22(29)16-7-20(30-12-16)17-10-26-27-11-17/h3-5,7,10-12,15,18-19H,6,8-9H2,1-2H3,(H,26,27). The zero-order valence-corrected chi connectivity index (χ0v) is 17.8. The largest absolute Gasteiger partial charge is 0.332 e. The Morgan fingerprint density at radius 1 is 1.43 bits per heavy atom. The van der Waals surface area contributed by atoms with Crippen molar-refractivity contribution >= 4 is 17.2 Å². The summed E-state index contributed by atoms with van der Waals surface area (Å²) in [6.45, 7) is 4.22. The first kappa shape index (κ1) is 19.0. The molecule has 5 rings (SSSR count). The summed E-state index contributed by atoms with van der Waals surface area (Å²) in [7, 11) is 0. The van der Waals surface area contributed by atoms with Crippen LogP contribution in [0.1, 0.15) is 47.8 Å². The van der Waals surface area contributed by atoms with Gasteiger partial charge >= 0.3 is 0 Å². The number of carbonyl (C=O) groups excluding carboxylic acids is 1. The average molecular weight is 418 g/mol. The van der Waals surface area contributed by atoms with E-state index in [1.165, 1.54) is 0 Å². The van der Waals surface area contributed by atoms with Gasteiger partial charge in [0.1, 0.15) is 5.41 Å². The quantitative estimate of drug-likeness (QED) is 0.688. The number of carbonyl (C=O) groups is 1. The average Bonchev–Trinajstić information content (AvgIpc) is 3.48. The number of nitriles is 1. The Labute approximate surface area is 179 Å². The normalized spacial score (nSPS) is 27.8. The van der Waals surface area contributed by atoms with Gasteiger partial charge in [0, 0.05) is 40.3 Å². The summed E-state index contributed by atoms with van der Waals surface area (Å²) in [6, 6.07) is 8.61. The Morgan fingerprint density at radius 3 is 3.00 bits per heavy atom. The summed E-state index contributed by atoms with van der Waals surface area (Å²) in [5, 5.41) is 19.0. The van der Waals surface area contributed by atoms with Gasteiger partial charge in [0.25, 0.3) is 5.91 Å². The van der Waals surface area contributed by atoms with Crippen LogP contribution in [-0.2, 0) is 5.41 Å². The van der Waals surface area contributed by atoms with Gasteiger partial charge in [0.15, 0.2) is 0 Å². The van der Waals surface area contributed by atoms with E-state index in [4.69, 9.17) is 0 Å². The lowest BCUT2D eigenvalue weighted by Gasteiger charge is -2.43. The lowest BCUT2D eigenvalue weighted by Crippen LogP contribution is -2.52. The Morgan fingerprint density at radius 2 is 2.30 bits per heavy atom. The molecule has 2 aliphatic rings. The molecule has 0 saturated carbocycles. The molecule has 1 amide bonds. The Balaban J connectivity index is 1.46. The number of amides is 1. The second-order valence-corrected chi connectivity index (χ2v) is 9.52. The Kier molecular flexibility index (Phi) is 4.48. The van der Waals surface area contributed by atoms with Gasteiger partial charge in [-0.2, -0.15) is 10.4 Å². The molecule has 2 saturated heterocycles. The maximum Gasteiger partial charge on any atom is 0.255 e. The molecule has 0 aromatic carbocycles. The molecule has 3 aromatic heterocycles. The molecular formula is C23H23N5OS. The molecule has 30 heavy (non-hydrogen) atoms. The van der Waals surface area contributed by atoms with Crippen LogP contribution in [-0.4, -0.2) is 38.1 Å². The highest BCUT2D eigenvalue weighted by atomic mass is 32.1. The number of thiophene rings is 1.